The second kappa shape index (κ2) is 4.42. The van der Waals surface area contributed by atoms with Gasteiger partial charge < -0.3 is 10.8 Å². The lowest BCUT2D eigenvalue weighted by Gasteiger charge is -2.21. The maximum atomic E-state index is 10.5. The van der Waals surface area contributed by atoms with Gasteiger partial charge in [0.05, 0.1) is 0 Å². The molecule has 1 atom stereocenters. The summed E-state index contributed by atoms with van der Waals surface area (Å²) in [6.07, 6.45) is 0.931. The third kappa shape index (κ3) is 4.31. The molecule has 72 valence electrons. The number of aliphatic carboxylic acids is 1. The van der Waals surface area contributed by atoms with Gasteiger partial charge in [0.2, 0.25) is 0 Å². The van der Waals surface area contributed by atoms with Crippen LogP contribution < -0.4 is 11.1 Å². The number of carbonyl (C=O) groups is 1. The fraction of sp³-hybridized carbons (Fsp3) is 0.875. The lowest BCUT2D eigenvalue weighted by molar-refractivity contribution is -0.143. The van der Waals surface area contributed by atoms with Crippen LogP contribution in [0.2, 0.25) is 0 Å². The van der Waals surface area contributed by atoms with E-state index in [9.17, 15) is 4.79 Å². The smallest absolute Gasteiger partial charge is 0.338 e. The molecule has 1 unspecified atom stereocenters. The number of rotatable bonds is 5. The highest BCUT2D eigenvalue weighted by atomic mass is 16.4. The zero-order valence-corrected chi connectivity index (χ0v) is 7.92. The normalized spacial score (nSPS) is 16.1. The first-order valence-corrected chi connectivity index (χ1v) is 4.13. The summed E-state index contributed by atoms with van der Waals surface area (Å²) in [6, 6.07) is 0. The van der Waals surface area contributed by atoms with Gasteiger partial charge in [-0.3, -0.25) is 5.32 Å². The number of carboxylic acid groups (broad SMARTS) is 1. The molecule has 0 aliphatic carbocycles. The Labute approximate surface area is 73.1 Å². The molecule has 0 fully saturated rings. The number of nitrogens with two attached hydrogens (primary N) is 1. The quantitative estimate of drug-likeness (QED) is 0.527. The number of carboxylic acids is 1. The second-order valence-electron chi connectivity index (χ2n) is 3.62. The Bertz CT molecular complexity index is 155. The minimum Gasteiger partial charge on any atom is -0.479 e. The molecule has 0 amide bonds. The largest absolute Gasteiger partial charge is 0.479 e. The molecule has 12 heavy (non-hydrogen) atoms. The monoisotopic (exact) mass is 174 g/mol. The first-order valence-electron chi connectivity index (χ1n) is 4.13. The molecule has 0 rings (SSSR count). The van der Waals surface area contributed by atoms with Crippen molar-refractivity contribution in [2.45, 2.75) is 32.9 Å². The van der Waals surface area contributed by atoms with Crippen molar-refractivity contribution in [1.29, 1.82) is 0 Å². The first kappa shape index (κ1) is 11.4. The Morgan fingerprint density at radius 3 is 2.50 bits per heavy atom. The van der Waals surface area contributed by atoms with Crippen LogP contribution in [0.15, 0.2) is 0 Å². The average Bonchev–Trinajstić information content (AvgIpc) is 1.85. The van der Waals surface area contributed by atoms with Crippen LogP contribution in [0.5, 0.6) is 0 Å². The summed E-state index contributed by atoms with van der Waals surface area (Å²) in [5, 5.41) is 11.4. The van der Waals surface area contributed by atoms with Crippen LogP contribution in [0.3, 0.4) is 0 Å². The van der Waals surface area contributed by atoms with Crippen molar-refractivity contribution in [2.75, 3.05) is 6.54 Å². The highest BCUT2D eigenvalue weighted by Gasteiger charge is 2.26. The Balaban J connectivity index is 3.69. The molecule has 0 saturated carbocycles. The molecule has 0 aromatic rings. The second-order valence-corrected chi connectivity index (χ2v) is 3.62. The molecule has 4 N–H and O–H groups in total. The average molecular weight is 174 g/mol. The van der Waals surface area contributed by atoms with Gasteiger partial charge in [0, 0.05) is 0 Å². The van der Waals surface area contributed by atoms with E-state index in [4.69, 9.17) is 10.8 Å². The molecule has 0 aliphatic rings. The van der Waals surface area contributed by atoms with Crippen LogP contribution in [-0.4, -0.2) is 23.3 Å². The van der Waals surface area contributed by atoms with Crippen molar-refractivity contribution in [3.63, 3.8) is 0 Å². The van der Waals surface area contributed by atoms with Crippen LogP contribution in [0.1, 0.15) is 27.2 Å². The minimum atomic E-state index is -1.30. The van der Waals surface area contributed by atoms with Crippen molar-refractivity contribution in [3.05, 3.63) is 0 Å². The lowest BCUT2D eigenvalue weighted by atomic mass is 10.1. The van der Waals surface area contributed by atoms with E-state index in [1.807, 2.05) is 0 Å². The summed E-state index contributed by atoms with van der Waals surface area (Å²) >= 11 is 0. The van der Waals surface area contributed by atoms with E-state index in [2.05, 4.69) is 19.2 Å². The maximum Gasteiger partial charge on any atom is 0.338 e. The van der Waals surface area contributed by atoms with Crippen molar-refractivity contribution in [2.24, 2.45) is 11.7 Å². The Morgan fingerprint density at radius 1 is 1.67 bits per heavy atom. The molecule has 0 aromatic heterocycles. The van der Waals surface area contributed by atoms with E-state index < -0.39 is 11.6 Å². The van der Waals surface area contributed by atoms with Gasteiger partial charge in [-0.05, 0) is 25.8 Å². The SMILES string of the molecule is CC(C)CCNC(C)(N)C(=O)O. The van der Waals surface area contributed by atoms with Gasteiger partial charge in [0.25, 0.3) is 0 Å². The van der Waals surface area contributed by atoms with Gasteiger partial charge in [-0.1, -0.05) is 13.8 Å². The fourth-order valence-corrected chi connectivity index (χ4v) is 0.696. The van der Waals surface area contributed by atoms with Crippen LogP contribution in [0.25, 0.3) is 0 Å². The van der Waals surface area contributed by atoms with Crippen LogP contribution in [0, 0.1) is 5.92 Å². The first-order chi connectivity index (χ1) is 5.36. The van der Waals surface area contributed by atoms with Gasteiger partial charge in [-0.15, -0.1) is 0 Å². The predicted octanol–water partition coefficient (Wildman–Crippen LogP) is 0.382. The summed E-state index contributed by atoms with van der Waals surface area (Å²) in [5.41, 5.74) is 4.14. The Morgan fingerprint density at radius 2 is 2.17 bits per heavy atom. The van der Waals surface area contributed by atoms with Crippen molar-refractivity contribution in [1.82, 2.24) is 5.32 Å². The van der Waals surface area contributed by atoms with E-state index in [0.717, 1.165) is 6.42 Å². The lowest BCUT2D eigenvalue weighted by Crippen LogP contribution is -2.57. The molecule has 0 radical (unpaired) electrons. The van der Waals surface area contributed by atoms with E-state index >= 15 is 0 Å². The van der Waals surface area contributed by atoms with Crippen molar-refractivity contribution >= 4 is 5.97 Å². The standard InChI is InChI=1S/C8H18N2O2/c1-6(2)4-5-10-8(3,9)7(11)12/h6,10H,4-5,9H2,1-3H3,(H,11,12). The van der Waals surface area contributed by atoms with Gasteiger partial charge in [0.1, 0.15) is 0 Å². The zero-order valence-electron chi connectivity index (χ0n) is 7.92. The summed E-state index contributed by atoms with van der Waals surface area (Å²) in [5.74, 6) is -0.464. The summed E-state index contributed by atoms with van der Waals surface area (Å²) < 4.78 is 0. The third-order valence-corrected chi connectivity index (χ3v) is 1.66. The number of hydrogen-bond donors (Lipinski definition) is 3. The summed E-state index contributed by atoms with van der Waals surface area (Å²) in [4.78, 5) is 10.5. The van der Waals surface area contributed by atoms with E-state index in [0.29, 0.717) is 12.5 Å². The molecular formula is C8H18N2O2. The summed E-state index contributed by atoms with van der Waals surface area (Å²) in [7, 11) is 0. The fourth-order valence-electron chi connectivity index (χ4n) is 0.696. The van der Waals surface area contributed by atoms with E-state index in [1.54, 1.807) is 0 Å². The molecular weight excluding hydrogens is 156 g/mol. The van der Waals surface area contributed by atoms with Gasteiger partial charge in [0.15, 0.2) is 5.66 Å². The van der Waals surface area contributed by atoms with Crippen LogP contribution in [0.4, 0.5) is 0 Å². The molecule has 0 aliphatic heterocycles. The minimum absolute atomic E-state index is 0.557. The van der Waals surface area contributed by atoms with E-state index in [1.165, 1.54) is 6.92 Å². The molecule has 0 aromatic carbocycles. The molecule has 4 nitrogen and oxygen atoms in total. The van der Waals surface area contributed by atoms with Gasteiger partial charge in [-0.2, -0.15) is 0 Å². The molecule has 4 heteroatoms. The Hall–Kier alpha value is -0.610. The van der Waals surface area contributed by atoms with Crippen LogP contribution >= 0.6 is 0 Å². The van der Waals surface area contributed by atoms with Gasteiger partial charge in [-0.25, -0.2) is 4.79 Å². The Kier molecular flexibility index (Phi) is 4.20. The highest BCUT2D eigenvalue weighted by Crippen LogP contribution is 1.99. The van der Waals surface area contributed by atoms with Gasteiger partial charge >= 0.3 is 5.97 Å². The molecule has 0 heterocycles. The van der Waals surface area contributed by atoms with Crippen LogP contribution in [-0.2, 0) is 4.79 Å². The van der Waals surface area contributed by atoms with Crippen molar-refractivity contribution in [3.8, 4) is 0 Å². The zero-order chi connectivity index (χ0) is 9.78. The maximum absolute atomic E-state index is 10.5. The highest BCUT2D eigenvalue weighted by molar-refractivity contribution is 5.77. The number of hydrogen-bond acceptors (Lipinski definition) is 3. The third-order valence-electron chi connectivity index (χ3n) is 1.66. The van der Waals surface area contributed by atoms with Crippen molar-refractivity contribution < 1.29 is 9.90 Å². The topological polar surface area (TPSA) is 75.3 Å². The number of nitrogens with one attached hydrogen (secondary N) is 1. The molecule has 0 bridgehead atoms. The molecule has 0 spiro atoms. The summed E-state index contributed by atoms with van der Waals surface area (Å²) in [6.45, 7) is 6.25. The molecule has 0 saturated heterocycles. The van der Waals surface area contributed by atoms with E-state index in [-0.39, 0.29) is 0 Å². The predicted molar refractivity (Wildman–Crippen MR) is 47.7 cm³/mol.